The summed E-state index contributed by atoms with van der Waals surface area (Å²) in [5.74, 6) is 0. The fraction of sp³-hybridized carbons (Fsp3) is 0.667. The molecule has 0 saturated carbocycles. The van der Waals surface area contributed by atoms with Crippen LogP contribution in [0.2, 0.25) is 0 Å². The van der Waals surface area contributed by atoms with Gasteiger partial charge in [0, 0.05) is 12.6 Å². The van der Waals surface area contributed by atoms with Crippen LogP contribution in [-0.2, 0) is 9.47 Å². The van der Waals surface area contributed by atoms with Gasteiger partial charge in [0.2, 0.25) is 0 Å². The molecule has 1 aromatic rings. The second kappa shape index (κ2) is 5.77. The summed E-state index contributed by atoms with van der Waals surface area (Å²) in [5, 5.41) is 4.16. The van der Waals surface area contributed by atoms with E-state index in [2.05, 4.69) is 16.8 Å². The van der Waals surface area contributed by atoms with Crippen LogP contribution in [0.4, 0.5) is 0 Å². The molecule has 3 nitrogen and oxygen atoms in total. The van der Waals surface area contributed by atoms with Crippen molar-refractivity contribution in [2.75, 3.05) is 13.2 Å². The maximum atomic E-state index is 5.95. The molecule has 16 heavy (non-hydrogen) atoms. The van der Waals surface area contributed by atoms with Crippen molar-refractivity contribution in [2.45, 2.75) is 38.0 Å². The lowest BCUT2D eigenvalue weighted by atomic mass is 10.1. The van der Waals surface area contributed by atoms with E-state index in [1.807, 2.05) is 6.92 Å². The van der Waals surface area contributed by atoms with E-state index in [0.29, 0.717) is 6.61 Å². The van der Waals surface area contributed by atoms with Crippen molar-refractivity contribution in [3.63, 3.8) is 0 Å². The number of thiophene rings is 1. The van der Waals surface area contributed by atoms with Gasteiger partial charge in [-0.05, 0) is 42.2 Å². The molecule has 1 aliphatic heterocycles. The van der Waals surface area contributed by atoms with Gasteiger partial charge in [-0.25, -0.2) is 0 Å². The Hall–Kier alpha value is -0.420. The lowest BCUT2D eigenvalue weighted by molar-refractivity contribution is -0.0284. The predicted octanol–water partition coefficient (Wildman–Crippen LogP) is 2.33. The largest absolute Gasteiger partial charge is 0.376 e. The third kappa shape index (κ3) is 3.04. The van der Waals surface area contributed by atoms with E-state index in [-0.39, 0.29) is 18.2 Å². The molecule has 90 valence electrons. The average molecular weight is 241 g/mol. The van der Waals surface area contributed by atoms with E-state index in [1.165, 1.54) is 5.56 Å². The number of ether oxygens (including phenoxy) is 2. The van der Waals surface area contributed by atoms with Crippen molar-refractivity contribution in [1.82, 2.24) is 0 Å². The van der Waals surface area contributed by atoms with Crippen LogP contribution in [0.25, 0.3) is 0 Å². The number of hydrogen-bond donors (Lipinski definition) is 1. The van der Waals surface area contributed by atoms with Gasteiger partial charge in [0.05, 0.1) is 18.8 Å². The van der Waals surface area contributed by atoms with Crippen LogP contribution >= 0.6 is 11.3 Å². The Morgan fingerprint density at radius 1 is 1.69 bits per heavy atom. The molecule has 3 atom stereocenters. The van der Waals surface area contributed by atoms with Gasteiger partial charge in [-0.1, -0.05) is 0 Å². The second-order valence-corrected chi connectivity index (χ2v) is 5.08. The molecule has 2 heterocycles. The fourth-order valence-electron chi connectivity index (χ4n) is 1.98. The molecule has 2 rings (SSSR count). The van der Waals surface area contributed by atoms with E-state index in [9.17, 15) is 0 Å². The molecule has 1 aromatic heterocycles. The zero-order chi connectivity index (χ0) is 11.4. The van der Waals surface area contributed by atoms with Gasteiger partial charge in [0.15, 0.2) is 0 Å². The summed E-state index contributed by atoms with van der Waals surface area (Å²) in [6.45, 7) is 3.51. The van der Waals surface area contributed by atoms with E-state index in [4.69, 9.17) is 15.2 Å². The summed E-state index contributed by atoms with van der Waals surface area (Å²) in [6, 6.07) is 2.09. The zero-order valence-corrected chi connectivity index (χ0v) is 10.4. The summed E-state index contributed by atoms with van der Waals surface area (Å²) in [4.78, 5) is 0. The van der Waals surface area contributed by atoms with E-state index >= 15 is 0 Å². The first-order valence-corrected chi connectivity index (χ1v) is 6.72. The van der Waals surface area contributed by atoms with Crippen LogP contribution in [0.1, 0.15) is 31.4 Å². The minimum atomic E-state index is -0.00421. The second-order valence-electron chi connectivity index (χ2n) is 4.30. The van der Waals surface area contributed by atoms with Crippen molar-refractivity contribution < 1.29 is 9.47 Å². The van der Waals surface area contributed by atoms with Crippen molar-refractivity contribution in [3.8, 4) is 0 Å². The molecule has 0 bridgehead atoms. The lowest BCUT2D eigenvalue weighted by Gasteiger charge is -2.22. The molecule has 0 radical (unpaired) electrons. The summed E-state index contributed by atoms with van der Waals surface area (Å²) >= 11 is 1.68. The maximum Gasteiger partial charge on any atom is 0.0982 e. The van der Waals surface area contributed by atoms with Gasteiger partial charge in [-0.15, -0.1) is 0 Å². The highest BCUT2D eigenvalue weighted by atomic mass is 32.1. The van der Waals surface area contributed by atoms with Crippen molar-refractivity contribution in [3.05, 3.63) is 22.4 Å². The smallest absolute Gasteiger partial charge is 0.0982 e. The van der Waals surface area contributed by atoms with Gasteiger partial charge in [0.1, 0.15) is 0 Å². The molecule has 0 spiro atoms. The molecule has 0 aromatic carbocycles. The lowest BCUT2D eigenvalue weighted by Crippen LogP contribution is -2.29. The highest BCUT2D eigenvalue weighted by molar-refractivity contribution is 7.07. The van der Waals surface area contributed by atoms with Crippen LogP contribution in [0.3, 0.4) is 0 Å². The summed E-state index contributed by atoms with van der Waals surface area (Å²) in [7, 11) is 0. The van der Waals surface area contributed by atoms with Crippen LogP contribution in [0.5, 0.6) is 0 Å². The monoisotopic (exact) mass is 241 g/mol. The highest BCUT2D eigenvalue weighted by Crippen LogP contribution is 2.24. The molecule has 0 amide bonds. The Morgan fingerprint density at radius 3 is 3.12 bits per heavy atom. The Kier molecular flexibility index (Phi) is 4.35. The van der Waals surface area contributed by atoms with Gasteiger partial charge in [-0.3, -0.25) is 0 Å². The molecule has 1 saturated heterocycles. The zero-order valence-electron chi connectivity index (χ0n) is 9.59. The van der Waals surface area contributed by atoms with Crippen molar-refractivity contribution in [1.29, 1.82) is 0 Å². The van der Waals surface area contributed by atoms with Gasteiger partial charge < -0.3 is 15.2 Å². The third-order valence-electron chi connectivity index (χ3n) is 2.83. The molecule has 1 aliphatic rings. The topological polar surface area (TPSA) is 44.5 Å². The van der Waals surface area contributed by atoms with Crippen LogP contribution in [0, 0.1) is 0 Å². The van der Waals surface area contributed by atoms with Gasteiger partial charge in [-0.2, -0.15) is 11.3 Å². The van der Waals surface area contributed by atoms with E-state index in [1.54, 1.807) is 11.3 Å². The Labute approximate surface area is 101 Å². The molecular formula is C12H19NO2S. The summed E-state index contributed by atoms with van der Waals surface area (Å²) in [5.41, 5.74) is 7.13. The quantitative estimate of drug-likeness (QED) is 0.860. The van der Waals surface area contributed by atoms with Gasteiger partial charge in [0.25, 0.3) is 0 Å². The number of rotatable bonds is 5. The first-order chi connectivity index (χ1) is 7.77. The maximum absolute atomic E-state index is 5.95. The SMILES string of the molecule is CC(N)C(OCC1CCCO1)c1ccsc1. The first kappa shape index (κ1) is 12.0. The van der Waals surface area contributed by atoms with Crippen LogP contribution in [-0.4, -0.2) is 25.4 Å². The minimum Gasteiger partial charge on any atom is -0.376 e. The van der Waals surface area contributed by atoms with Gasteiger partial charge >= 0.3 is 0 Å². The van der Waals surface area contributed by atoms with Crippen LogP contribution in [0.15, 0.2) is 16.8 Å². The third-order valence-corrected chi connectivity index (χ3v) is 3.54. The van der Waals surface area contributed by atoms with Crippen LogP contribution < -0.4 is 5.73 Å². The van der Waals surface area contributed by atoms with E-state index < -0.39 is 0 Å². The average Bonchev–Trinajstić information content (AvgIpc) is 2.88. The fourth-order valence-corrected chi connectivity index (χ4v) is 2.66. The molecule has 3 unspecified atom stereocenters. The Bertz CT molecular complexity index is 294. The predicted molar refractivity (Wildman–Crippen MR) is 65.6 cm³/mol. The normalized spacial score (nSPS) is 24.5. The number of hydrogen-bond acceptors (Lipinski definition) is 4. The first-order valence-electron chi connectivity index (χ1n) is 5.78. The molecule has 1 fully saturated rings. The standard InChI is InChI=1S/C12H19NO2S/c1-9(13)12(10-4-6-16-8-10)15-7-11-3-2-5-14-11/h4,6,8-9,11-12H,2-3,5,7,13H2,1H3. The highest BCUT2D eigenvalue weighted by Gasteiger charge is 2.21. The molecule has 4 heteroatoms. The molecule has 0 aliphatic carbocycles. The number of nitrogens with two attached hydrogens (primary N) is 1. The molecular weight excluding hydrogens is 222 g/mol. The molecule has 2 N–H and O–H groups in total. The van der Waals surface area contributed by atoms with Crippen molar-refractivity contribution in [2.24, 2.45) is 5.73 Å². The Morgan fingerprint density at radius 2 is 2.56 bits per heavy atom. The van der Waals surface area contributed by atoms with Crippen molar-refractivity contribution >= 4 is 11.3 Å². The summed E-state index contributed by atoms with van der Waals surface area (Å²) < 4.78 is 11.4. The summed E-state index contributed by atoms with van der Waals surface area (Å²) in [6.07, 6.45) is 2.51. The van der Waals surface area contributed by atoms with E-state index in [0.717, 1.165) is 19.4 Å². The minimum absolute atomic E-state index is 0.00421. The Balaban J connectivity index is 1.88.